The van der Waals surface area contributed by atoms with Crippen LogP contribution >= 0.6 is 0 Å². The zero-order chi connectivity index (χ0) is 12.1. The minimum Gasteiger partial charge on any atom is -0.492 e. The lowest BCUT2D eigenvalue weighted by Gasteiger charge is -2.24. The van der Waals surface area contributed by atoms with E-state index in [4.69, 9.17) is 9.47 Å². The molecule has 1 aromatic carbocycles. The molecule has 1 N–H and O–H groups in total. The molecule has 1 unspecified atom stereocenters. The van der Waals surface area contributed by atoms with Gasteiger partial charge in [0.2, 0.25) is 0 Å². The SMILES string of the molecule is CC(C)c1ccccc1OCC1COCCN1. The maximum Gasteiger partial charge on any atom is 0.122 e. The largest absolute Gasteiger partial charge is 0.492 e. The van der Waals surface area contributed by atoms with Crippen LogP contribution in [-0.4, -0.2) is 32.4 Å². The fraction of sp³-hybridized carbons (Fsp3) is 0.571. The molecule has 0 radical (unpaired) electrons. The van der Waals surface area contributed by atoms with Gasteiger partial charge in [0.25, 0.3) is 0 Å². The molecule has 1 aromatic rings. The van der Waals surface area contributed by atoms with Crippen LogP contribution in [0.1, 0.15) is 25.3 Å². The van der Waals surface area contributed by atoms with Gasteiger partial charge in [-0.15, -0.1) is 0 Å². The molecule has 0 spiro atoms. The summed E-state index contributed by atoms with van der Waals surface area (Å²) in [5.74, 6) is 1.48. The van der Waals surface area contributed by atoms with Crippen molar-refractivity contribution in [3.8, 4) is 5.75 Å². The third kappa shape index (κ3) is 3.45. The Morgan fingerprint density at radius 2 is 2.24 bits per heavy atom. The smallest absolute Gasteiger partial charge is 0.122 e. The van der Waals surface area contributed by atoms with Crippen LogP contribution in [0, 0.1) is 0 Å². The Balaban J connectivity index is 1.93. The van der Waals surface area contributed by atoms with E-state index in [0.717, 1.165) is 25.5 Å². The van der Waals surface area contributed by atoms with Gasteiger partial charge in [-0.3, -0.25) is 0 Å². The van der Waals surface area contributed by atoms with Crippen LogP contribution in [0.15, 0.2) is 24.3 Å². The predicted octanol–water partition coefficient (Wildman–Crippen LogP) is 2.18. The molecule has 2 rings (SSSR count). The molecule has 1 atom stereocenters. The van der Waals surface area contributed by atoms with Gasteiger partial charge in [-0.1, -0.05) is 32.0 Å². The molecule has 1 fully saturated rings. The summed E-state index contributed by atoms with van der Waals surface area (Å²) >= 11 is 0. The highest BCUT2D eigenvalue weighted by atomic mass is 16.5. The van der Waals surface area contributed by atoms with Crippen LogP contribution in [0.2, 0.25) is 0 Å². The van der Waals surface area contributed by atoms with Crippen molar-refractivity contribution >= 4 is 0 Å². The minimum atomic E-state index is 0.309. The number of morpholine rings is 1. The zero-order valence-corrected chi connectivity index (χ0v) is 10.6. The average molecular weight is 235 g/mol. The van der Waals surface area contributed by atoms with E-state index in [0.29, 0.717) is 18.6 Å². The number of ether oxygens (including phenoxy) is 2. The lowest BCUT2D eigenvalue weighted by molar-refractivity contribution is 0.0591. The summed E-state index contributed by atoms with van der Waals surface area (Å²) in [6, 6.07) is 8.56. The Labute approximate surface area is 103 Å². The van der Waals surface area contributed by atoms with E-state index in [2.05, 4.69) is 31.3 Å². The predicted molar refractivity (Wildman–Crippen MR) is 68.6 cm³/mol. The number of hydrogen-bond acceptors (Lipinski definition) is 3. The molecule has 0 bridgehead atoms. The maximum absolute atomic E-state index is 5.90. The number of nitrogens with one attached hydrogen (secondary N) is 1. The van der Waals surface area contributed by atoms with Gasteiger partial charge in [0.1, 0.15) is 12.4 Å². The molecular weight excluding hydrogens is 214 g/mol. The Morgan fingerprint density at radius 1 is 1.41 bits per heavy atom. The maximum atomic E-state index is 5.90. The molecule has 0 amide bonds. The van der Waals surface area contributed by atoms with Gasteiger partial charge in [-0.25, -0.2) is 0 Å². The van der Waals surface area contributed by atoms with Gasteiger partial charge in [0.05, 0.1) is 19.3 Å². The van der Waals surface area contributed by atoms with E-state index in [9.17, 15) is 0 Å². The van der Waals surface area contributed by atoms with Crippen molar-refractivity contribution < 1.29 is 9.47 Å². The molecule has 3 nitrogen and oxygen atoms in total. The molecule has 0 saturated carbocycles. The van der Waals surface area contributed by atoms with Gasteiger partial charge < -0.3 is 14.8 Å². The Morgan fingerprint density at radius 3 is 2.94 bits per heavy atom. The first-order chi connectivity index (χ1) is 8.27. The van der Waals surface area contributed by atoms with E-state index in [1.165, 1.54) is 5.56 Å². The molecule has 1 heterocycles. The van der Waals surface area contributed by atoms with Crippen LogP contribution in [0.5, 0.6) is 5.75 Å². The summed E-state index contributed by atoms with van der Waals surface area (Å²) in [6.45, 7) is 7.50. The molecule has 1 saturated heterocycles. The van der Waals surface area contributed by atoms with Crippen LogP contribution in [0.25, 0.3) is 0 Å². The topological polar surface area (TPSA) is 30.5 Å². The van der Waals surface area contributed by atoms with Crippen LogP contribution in [-0.2, 0) is 4.74 Å². The third-order valence-electron chi connectivity index (χ3n) is 2.98. The normalized spacial score (nSPS) is 20.5. The number of hydrogen-bond donors (Lipinski definition) is 1. The molecule has 17 heavy (non-hydrogen) atoms. The van der Waals surface area contributed by atoms with Crippen molar-refractivity contribution in [3.05, 3.63) is 29.8 Å². The quantitative estimate of drug-likeness (QED) is 0.867. The first-order valence-corrected chi connectivity index (χ1v) is 6.30. The second kappa shape index (κ2) is 6.03. The van der Waals surface area contributed by atoms with E-state index in [1.54, 1.807) is 0 Å². The van der Waals surface area contributed by atoms with Gasteiger partial charge in [0, 0.05) is 6.54 Å². The monoisotopic (exact) mass is 235 g/mol. The Hall–Kier alpha value is -1.06. The molecular formula is C14H21NO2. The molecule has 1 aliphatic heterocycles. The first-order valence-electron chi connectivity index (χ1n) is 6.30. The Kier molecular flexibility index (Phi) is 4.40. The van der Waals surface area contributed by atoms with Gasteiger partial charge in [-0.2, -0.15) is 0 Å². The van der Waals surface area contributed by atoms with Gasteiger partial charge >= 0.3 is 0 Å². The highest BCUT2D eigenvalue weighted by Crippen LogP contribution is 2.25. The van der Waals surface area contributed by atoms with E-state index in [-0.39, 0.29) is 0 Å². The lowest BCUT2D eigenvalue weighted by atomic mass is 10.0. The average Bonchev–Trinajstić information content (AvgIpc) is 2.38. The molecule has 3 heteroatoms. The summed E-state index contributed by atoms with van der Waals surface area (Å²) in [4.78, 5) is 0. The first kappa shape index (κ1) is 12.4. The van der Waals surface area contributed by atoms with E-state index in [1.807, 2.05) is 12.1 Å². The van der Waals surface area contributed by atoms with Crippen LogP contribution < -0.4 is 10.1 Å². The highest BCUT2D eigenvalue weighted by Gasteiger charge is 2.14. The van der Waals surface area contributed by atoms with E-state index < -0.39 is 0 Å². The zero-order valence-electron chi connectivity index (χ0n) is 10.6. The molecule has 0 aromatic heterocycles. The number of rotatable bonds is 4. The van der Waals surface area contributed by atoms with Crippen molar-refractivity contribution in [2.45, 2.75) is 25.8 Å². The molecule has 94 valence electrons. The van der Waals surface area contributed by atoms with Crippen LogP contribution in [0.4, 0.5) is 0 Å². The van der Waals surface area contributed by atoms with Gasteiger partial charge in [0.15, 0.2) is 0 Å². The third-order valence-corrected chi connectivity index (χ3v) is 2.98. The fourth-order valence-electron chi connectivity index (χ4n) is 2.01. The summed E-state index contributed by atoms with van der Waals surface area (Å²) in [5.41, 5.74) is 1.27. The lowest BCUT2D eigenvalue weighted by Crippen LogP contribution is -2.44. The number of benzene rings is 1. The van der Waals surface area contributed by atoms with Crippen molar-refractivity contribution in [1.29, 1.82) is 0 Å². The van der Waals surface area contributed by atoms with Crippen molar-refractivity contribution in [1.82, 2.24) is 5.32 Å². The fourth-order valence-corrected chi connectivity index (χ4v) is 2.01. The van der Waals surface area contributed by atoms with E-state index >= 15 is 0 Å². The standard InChI is InChI=1S/C14H21NO2/c1-11(2)13-5-3-4-6-14(13)17-10-12-9-16-8-7-15-12/h3-6,11-12,15H,7-10H2,1-2H3. The summed E-state index contributed by atoms with van der Waals surface area (Å²) in [7, 11) is 0. The Bertz CT molecular complexity index is 346. The van der Waals surface area contributed by atoms with Crippen molar-refractivity contribution in [2.24, 2.45) is 0 Å². The second-order valence-corrected chi connectivity index (χ2v) is 4.73. The summed E-state index contributed by atoms with van der Waals surface area (Å²) < 4.78 is 11.3. The van der Waals surface area contributed by atoms with Crippen LogP contribution in [0.3, 0.4) is 0 Å². The molecule has 0 aliphatic carbocycles. The van der Waals surface area contributed by atoms with Crippen molar-refractivity contribution in [3.63, 3.8) is 0 Å². The highest BCUT2D eigenvalue weighted by molar-refractivity contribution is 5.35. The molecule has 1 aliphatic rings. The number of para-hydroxylation sites is 1. The van der Waals surface area contributed by atoms with Gasteiger partial charge in [-0.05, 0) is 17.5 Å². The second-order valence-electron chi connectivity index (χ2n) is 4.73. The summed E-state index contributed by atoms with van der Waals surface area (Å²) in [5, 5.41) is 3.39. The van der Waals surface area contributed by atoms with Crippen molar-refractivity contribution in [2.75, 3.05) is 26.4 Å². The summed E-state index contributed by atoms with van der Waals surface area (Å²) in [6.07, 6.45) is 0. The minimum absolute atomic E-state index is 0.309.